The second-order valence-electron chi connectivity index (χ2n) is 6.22. The first-order valence-corrected chi connectivity index (χ1v) is 8.69. The van der Waals surface area contributed by atoms with Crippen LogP contribution in [0.1, 0.15) is 24.5 Å². The molecule has 0 bridgehead atoms. The Bertz CT molecular complexity index is 712. The number of methoxy groups -OCH3 is 3. The second-order valence-corrected chi connectivity index (χ2v) is 6.22. The maximum atomic E-state index is 12.3. The molecule has 0 fully saturated rings. The smallest absolute Gasteiger partial charge is 0.224 e. The number of carbonyl (C=O) groups is 1. The molecule has 0 saturated heterocycles. The van der Waals surface area contributed by atoms with E-state index in [1.54, 1.807) is 21.3 Å². The fraction of sp³-hybridized carbons (Fsp3) is 0.381. The van der Waals surface area contributed by atoms with Crippen molar-refractivity contribution in [3.05, 3.63) is 53.6 Å². The lowest BCUT2D eigenvalue weighted by molar-refractivity contribution is -0.121. The zero-order valence-corrected chi connectivity index (χ0v) is 15.9. The van der Waals surface area contributed by atoms with Gasteiger partial charge in [-0.2, -0.15) is 0 Å². The summed E-state index contributed by atoms with van der Waals surface area (Å²) in [4.78, 5) is 12.3. The van der Waals surface area contributed by atoms with Crippen molar-refractivity contribution in [3.8, 4) is 17.2 Å². The quantitative estimate of drug-likeness (QED) is 0.747. The van der Waals surface area contributed by atoms with Crippen molar-refractivity contribution >= 4 is 5.91 Å². The second kappa shape index (κ2) is 9.70. The monoisotopic (exact) mass is 357 g/mol. The average molecular weight is 357 g/mol. The molecule has 0 aliphatic rings. The van der Waals surface area contributed by atoms with Gasteiger partial charge in [0.2, 0.25) is 5.91 Å². The van der Waals surface area contributed by atoms with Crippen molar-refractivity contribution in [1.29, 1.82) is 0 Å². The highest BCUT2D eigenvalue weighted by Crippen LogP contribution is 2.27. The van der Waals surface area contributed by atoms with Crippen LogP contribution in [0.5, 0.6) is 17.2 Å². The zero-order chi connectivity index (χ0) is 18.9. The summed E-state index contributed by atoms with van der Waals surface area (Å²) in [5, 5.41) is 3.05. The number of carbonyl (C=O) groups excluding carboxylic acids is 1. The van der Waals surface area contributed by atoms with E-state index in [9.17, 15) is 4.79 Å². The molecule has 0 radical (unpaired) electrons. The number of rotatable bonds is 9. The molecule has 0 aliphatic carbocycles. The van der Waals surface area contributed by atoms with Gasteiger partial charge in [0.15, 0.2) is 11.5 Å². The van der Waals surface area contributed by atoms with Crippen molar-refractivity contribution in [3.63, 3.8) is 0 Å². The molecule has 1 atom stereocenters. The Kier molecular flexibility index (Phi) is 7.33. The maximum absolute atomic E-state index is 12.3. The van der Waals surface area contributed by atoms with Gasteiger partial charge in [0.1, 0.15) is 5.75 Å². The highest BCUT2D eigenvalue weighted by atomic mass is 16.5. The number of benzene rings is 2. The van der Waals surface area contributed by atoms with Crippen LogP contribution in [0.25, 0.3) is 0 Å². The van der Waals surface area contributed by atoms with Gasteiger partial charge in [-0.25, -0.2) is 0 Å². The van der Waals surface area contributed by atoms with Crippen molar-refractivity contribution in [2.75, 3.05) is 21.3 Å². The number of hydrogen-bond acceptors (Lipinski definition) is 4. The summed E-state index contributed by atoms with van der Waals surface area (Å²) < 4.78 is 15.7. The largest absolute Gasteiger partial charge is 0.497 e. The van der Waals surface area contributed by atoms with Crippen LogP contribution < -0.4 is 19.5 Å². The molecular formula is C21H27NO4. The number of hydrogen-bond donors (Lipinski definition) is 1. The van der Waals surface area contributed by atoms with E-state index in [1.165, 1.54) is 5.56 Å². The third-order valence-electron chi connectivity index (χ3n) is 4.25. The summed E-state index contributed by atoms with van der Waals surface area (Å²) in [5.74, 6) is 2.14. The van der Waals surface area contributed by atoms with Crippen LogP contribution in [0.2, 0.25) is 0 Å². The van der Waals surface area contributed by atoms with Gasteiger partial charge in [0.05, 0.1) is 27.8 Å². The van der Waals surface area contributed by atoms with E-state index in [2.05, 4.69) is 17.4 Å². The minimum atomic E-state index is -0.000509. The van der Waals surface area contributed by atoms with Crippen LogP contribution in [-0.4, -0.2) is 33.3 Å². The first kappa shape index (κ1) is 19.6. The molecule has 0 aliphatic heterocycles. The van der Waals surface area contributed by atoms with Crippen LogP contribution in [0.4, 0.5) is 0 Å². The third kappa shape index (κ3) is 5.69. The van der Waals surface area contributed by atoms with Gasteiger partial charge >= 0.3 is 0 Å². The Hall–Kier alpha value is -2.69. The Morgan fingerprint density at radius 1 is 0.923 bits per heavy atom. The molecule has 140 valence electrons. The van der Waals surface area contributed by atoms with Gasteiger partial charge in [-0.15, -0.1) is 0 Å². The summed E-state index contributed by atoms with van der Waals surface area (Å²) in [6.07, 6.45) is 2.10. The Labute approximate surface area is 155 Å². The van der Waals surface area contributed by atoms with Crippen LogP contribution >= 0.6 is 0 Å². The number of aryl methyl sites for hydroxylation is 1. The molecule has 0 heterocycles. The predicted octanol–water partition coefficient (Wildman–Crippen LogP) is 3.39. The van der Waals surface area contributed by atoms with Gasteiger partial charge in [-0.05, 0) is 55.2 Å². The van der Waals surface area contributed by atoms with E-state index < -0.39 is 0 Å². The Morgan fingerprint density at radius 3 is 2.19 bits per heavy atom. The molecule has 2 aromatic carbocycles. The zero-order valence-electron chi connectivity index (χ0n) is 15.9. The average Bonchev–Trinajstić information content (AvgIpc) is 2.66. The minimum absolute atomic E-state index is 0.000509. The number of nitrogens with one attached hydrogen (secondary N) is 1. The highest BCUT2D eigenvalue weighted by molar-refractivity contribution is 5.79. The van der Waals surface area contributed by atoms with Crippen LogP contribution in [-0.2, 0) is 17.6 Å². The molecule has 0 aromatic heterocycles. The van der Waals surface area contributed by atoms with Crippen LogP contribution in [0.3, 0.4) is 0 Å². The molecule has 0 spiro atoms. The van der Waals surface area contributed by atoms with Crippen molar-refractivity contribution < 1.29 is 19.0 Å². The van der Waals surface area contributed by atoms with Crippen molar-refractivity contribution in [1.82, 2.24) is 5.32 Å². The maximum Gasteiger partial charge on any atom is 0.224 e. The van der Waals surface area contributed by atoms with Crippen LogP contribution in [0, 0.1) is 0 Å². The van der Waals surface area contributed by atoms with E-state index in [1.807, 2.05) is 37.3 Å². The summed E-state index contributed by atoms with van der Waals surface area (Å²) in [7, 11) is 4.84. The fourth-order valence-electron chi connectivity index (χ4n) is 2.75. The van der Waals surface area contributed by atoms with Crippen LogP contribution in [0.15, 0.2) is 42.5 Å². The first-order valence-electron chi connectivity index (χ1n) is 8.69. The summed E-state index contributed by atoms with van der Waals surface area (Å²) in [5.41, 5.74) is 2.12. The van der Waals surface area contributed by atoms with E-state index >= 15 is 0 Å². The lowest BCUT2D eigenvalue weighted by Crippen LogP contribution is -2.34. The molecule has 0 saturated carbocycles. The fourth-order valence-corrected chi connectivity index (χ4v) is 2.75. The minimum Gasteiger partial charge on any atom is -0.497 e. The molecule has 26 heavy (non-hydrogen) atoms. The van der Waals surface area contributed by atoms with Crippen molar-refractivity contribution in [2.45, 2.75) is 32.2 Å². The van der Waals surface area contributed by atoms with E-state index in [0.29, 0.717) is 17.9 Å². The first-order chi connectivity index (χ1) is 12.5. The third-order valence-corrected chi connectivity index (χ3v) is 4.25. The molecule has 2 aromatic rings. The van der Waals surface area contributed by atoms with E-state index in [-0.39, 0.29) is 11.9 Å². The van der Waals surface area contributed by atoms with E-state index in [0.717, 1.165) is 24.2 Å². The highest BCUT2D eigenvalue weighted by Gasteiger charge is 2.11. The van der Waals surface area contributed by atoms with E-state index in [4.69, 9.17) is 14.2 Å². The van der Waals surface area contributed by atoms with Gasteiger partial charge in [0.25, 0.3) is 0 Å². The molecule has 0 unspecified atom stereocenters. The van der Waals surface area contributed by atoms with Gasteiger partial charge < -0.3 is 19.5 Å². The molecule has 5 nitrogen and oxygen atoms in total. The molecule has 1 N–H and O–H groups in total. The topological polar surface area (TPSA) is 56.8 Å². The standard InChI is InChI=1S/C21H27NO4/c1-15(5-6-16-7-10-18(24-2)11-8-16)22-21(23)14-17-9-12-19(25-3)20(13-17)26-4/h7-13,15H,5-6,14H2,1-4H3,(H,22,23)/t15-/m1/s1. The van der Waals surface area contributed by atoms with Gasteiger partial charge in [-0.1, -0.05) is 18.2 Å². The van der Waals surface area contributed by atoms with Gasteiger partial charge in [0, 0.05) is 6.04 Å². The summed E-state index contributed by atoms with van der Waals surface area (Å²) >= 11 is 0. The Balaban J connectivity index is 1.82. The number of ether oxygens (including phenoxy) is 3. The molecule has 2 rings (SSSR count). The molecule has 1 amide bonds. The Morgan fingerprint density at radius 2 is 1.58 bits per heavy atom. The summed E-state index contributed by atoms with van der Waals surface area (Å²) in [6, 6.07) is 13.6. The summed E-state index contributed by atoms with van der Waals surface area (Å²) in [6.45, 7) is 2.02. The lowest BCUT2D eigenvalue weighted by atomic mass is 10.1. The van der Waals surface area contributed by atoms with Gasteiger partial charge in [-0.3, -0.25) is 4.79 Å². The van der Waals surface area contributed by atoms with Crippen molar-refractivity contribution in [2.24, 2.45) is 0 Å². The predicted molar refractivity (Wildman–Crippen MR) is 102 cm³/mol. The SMILES string of the molecule is COc1ccc(CC[C@@H](C)NC(=O)Cc2ccc(OC)c(OC)c2)cc1. The number of amides is 1. The normalized spacial score (nSPS) is 11.5. The molecule has 5 heteroatoms. The lowest BCUT2D eigenvalue weighted by Gasteiger charge is -2.15. The molecular weight excluding hydrogens is 330 g/mol.